The Morgan fingerprint density at radius 2 is 1.84 bits per heavy atom. The highest BCUT2D eigenvalue weighted by Gasteiger charge is 2.21. The summed E-state index contributed by atoms with van der Waals surface area (Å²) < 4.78 is 5.25. The van der Waals surface area contributed by atoms with E-state index in [9.17, 15) is 4.79 Å². The number of rotatable bonds is 8. The Balaban J connectivity index is 1.31. The molecule has 2 aromatic heterocycles. The van der Waals surface area contributed by atoms with Gasteiger partial charge in [-0.05, 0) is 35.7 Å². The number of piperazine rings is 1. The molecule has 3 aromatic rings. The number of thiophene rings is 1. The average Bonchev–Trinajstić information content (AvgIpc) is 3.36. The van der Waals surface area contributed by atoms with Crippen LogP contribution in [-0.2, 0) is 11.3 Å². The zero-order chi connectivity index (χ0) is 21.5. The predicted molar refractivity (Wildman–Crippen MR) is 126 cm³/mol. The van der Waals surface area contributed by atoms with Crippen molar-refractivity contribution < 1.29 is 9.53 Å². The van der Waals surface area contributed by atoms with Gasteiger partial charge in [-0.25, -0.2) is 9.97 Å². The molecule has 0 bridgehead atoms. The molecule has 3 heterocycles. The van der Waals surface area contributed by atoms with Crippen LogP contribution in [0.4, 0.5) is 11.5 Å². The van der Waals surface area contributed by atoms with Crippen LogP contribution in [0.3, 0.4) is 0 Å². The van der Waals surface area contributed by atoms with Gasteiger partial charge in [-0.15, -0.1) is 11.3 Å². The number of amides is 1. The second kappa shape index (κ2) is 10.5. The molecule has 0 saturated carbocycles. The minimum atomic E-state index is -0.000622. The van der Waals surface area contributed by atoms with Crippen LogP contribution < -0.4 is 19.9 Å². The summed E-state index contributed by atoms with van der Waals surface area (Å²) in [5.41, 5.74) is 1.19. The van der Waals surface area contributed by atoms with Gasteiger partial charge >= 0.3 is 0 Å². The molecular formula is C22H25N5O2S2. The molecule has 1 aliphatic rings. The number of aromatic nitrogens is 2. The van der Waals surface area contributed by atoms with E-state index in [1.54, 1.807) is 30.8 Å². The third-order valence-corrected chi connectivity index (χ3v) is 6.89. The fraction of sp³-hybridized carbons (Fsp3) is 0.318. The van der Waals surface area contributed by atoms with Crippen LogP contribution in [0.5, 0.6) is 5.75 Å². The molecule has 1 aliphatic heterocycles. The highest BCUT2D eigenvalue weighted by Crippen LogP contribution is 2.28. The molecule has 0 unspecified atom stereocenters. The lowest BCUT2D eigenvalue weighted by Gasteiger charge is -2.37. The van der Waals surface area contributed by atoms with Crippen molar-refractivity contribution >= 4 is 40.5 Å². The van der Waals surface area contributed by atoms with Crippen molar-refractivity contribution in [1.29, 1.82) is 0 Å². The minimum Gasteiger partial charge on any atom is -0.497 e. The maximum absolute atomic E-state index is 12.2. The van der Waals surface area contributed by atoms with Gasteiger partial charge in [-0.2, -0.15) is 0 Å². The van der Waals surface area contributed by atoms with Crippen LogP contribution in [0.2, 0.25) is 0 Å². The smallest absolute Gasteiger partial charge is 0.230 e. The molecule has 31 heavy (non-hydrogen) atoms. The first-order valence-corrected chi connectivity index (χ1v) is 12.0. The maximum atomic E-state index is 12.2. The molecule has 0 radical (unpaired) electrons. The zero-order valence-electron chi connectivity index (χ0n) is 17.4. The Morgan fingerprint density at radius 1 is 1.10 bits per heavy atom. The van der Waals surface area contributed by atoms with E-state index in [0.29, 0.717) is 12.3 Å². The van der Waals surface area contributed by atoms with Crippen LogP contribution in [0.1, 0.15) is 4.88 Å². The first kappa shape index (κ1) is 21.5. The summed E-state index contributed by atoms with van der Waals surface area (Å²) in [7, 11) is 1.68. The summed E-state index contributed by atoms with van der Waals surface area (Å²) in [6, 6.07) is 12.2. The molecule has 1 fully saturated rings. The van der Waals surface area contributed by atoms with E-state index < -0.39 is 0 Å². The molecule has 4 rings (SSSR count). The summed E-state index contributed by atoms with van der Waals surface area (Å²) in [5, 5.41) is 5.77. The van der Waals surface area contributed by atoms with Gasteiger partial charge in [0.05, 0.1) is 19.4 Å². The third-order valence-electron chi connectivity index (χ3n) is 5.04. The molecule has 0 atom stereocenters. The fourth-order valence-corrected chi connectivity index (χ4v) is 4.85. The number of nitrogens with zero attached hydrogens (tertiary/aromatic N) is 4. The number of carbonyl (C=O) groups is 1. The second-order valence-corrected chi connectivity index (χ2v) is 9.00. The second-order valence-electron chi connectivity index (χ2n) is 7.00. The molecule has 1 aromatic carbocycles. The van der Waals surface area contributed by atoms with Crippen molar-refractivity contribution in [3.8, 4) is 5.75 Å². The molecule has 1 N–H and O–H groups in total. The summed E-state index contributed by atoms with van der Waals surface area (Å²) in [4.78, 5) is 27.0. The van der Waals surface area contributed by atoms with Gasteiger partial charge in [0.15, 0.2) is 5.82 Å². The lowest BCUT2D eigenvalue weighted by Crippen LogP contribution is -2.47. The van der Waals surface area contributed by atoms with Gasteiger partial charge in [-0.3, -0.25) is 4.79 Å². The minimum absolute atomic E-state index is 0.000622. The lowest BCUT2D eigenvalue weighted by atomic mass is 10.2. The standard InChI is InChI=1S/C22H25N5O2S2/c1-29-18-6-4-17(5-7-18)26-10-12-27(13-11-26)21-22(24-9-8-23-21)31-16-20(28)25-15-19-3-2-14-30-19/h2-9,14H,10-13,15-16H2,1H3,(H,25,28). The van der Waals surface area contributed by atoms with Gasteiger partial charge in [0.25, 0.3) is 0 Å². The topological polar surface area (TPSA) is 70.6 Å². The summed E-state index contributed by atoms with van der Waals surface area (Å²) in [5.74, 6) is 2.04. The van der Waals surface area contributed by atoms with Gasteiger partial charge in [0.1, 0.15) is 10.8 Å². The molecule has 1 saturated heterocycles. The van der Waals surface area contributed by atoms with E-state index in [1.807, 2.05) is 29.6 Å². The monoisotopic (exact) mass is 455 g/mol. The van der Waals surface area contributed by atoms with Crippen LogP contribution in [0, 0.1) is 0 Å². The largest absolute Gasteiger partial charge is 0.497 e. The Morgan fingerprint density at radius 3 is 2.55 bits per heavy atom. The van der Waals surface area contributed by atoms with E-state index in [2.05, 4.69) is 37.2 Å². The first-order chi connectivity index (χ1) is 15.2. The van der Waals surface area contributed by atoms with Crippen LogP contribution in [-0.4, -0.2) is 54.9 Å². The maximum Gasteiger partial charge on any atom is 0.230 e. The SMILES string of the molecule is COc1ccc(N2CCN(c3nccnc3SCC(=O)NCc3cccs3)CC2)cc1. The van der Waals surface area contributed by atoms with E-state index in [1.165, 1.54) is 17.4 Å². The number of carbonyl (C=O) groups excluding carboxylic acids is 1. The Hall–Kier alpha value is -2.78. The number of nitrogens with one attached hydrogen (secondary N) is 1. The average molecular weight is 456 g/mol. The van der Waals surface area contributed by atoms with Gasteiger partial charge in [0.2, 0.25) is 5.91 Å². The van der Waals surface area contributed by atoms with E-state index in [0.717, 1.165) is 47.6 Å². The molecule has 1 amide bonds. The molecular weight excluding hydrogens is 430 g/mol. The van der Waals surface area contributed by atoms with Gasteiger partial charge in [-0.1, -0.05) is 17.8 Å². The summed E-state index contributed by atoms with van der Waals surface area (Å²) >= 11 is 3.08. The third kappa shape index (κ3) is 5.68. The van der Waals surface area contributed by atoms with Crippen molar-refractivity contribution in [1.82, 2.24) is 15.3 Å². The molecule has 0 spiro atoms. The van der Waals surface area contributed by atoms with Crippen LogP contribution in [0.15, 0.2) is 59.2 Å². The fourth-order valence-electron chi connectivity index (χ4n) is 3.39. The first-order valence-electron chi connectivity index (χ1n) is 10.1. The Kier molecular flexibility index (Phi) is 7.26. The number of methoxy groups -OCH3 is 1. The number of hydrogen-bond acceptors (Lipinski definition) is 8. The van der Waals surface area contributed by atoms with Crippen LogP contribution in [0.25, 0.3) is 0 Å². The molecule has 9 heteroatoms. The van der Waals surface area contributed by atoms with Crippen molar-refractivity contribution in [2.75, 3.05) is 48.8 Å². The highest BCUT2D eigenvalue weighted by molar-refractivity contribution is 8.00. The van der Waals surface area contributed by atoms with Gasteiger partial charge < -0.3 is 19.9 Å². The molecule has 7 nitrogen and oxygen atoms in total. The normalized spacial score (nSPS) is 13.8. The van der Waals surface area contributed by atoms with E-state index in [4.69, 9.17) is 4.74 Å². The lowest BCUT2D eigenvalue weighted by molar-refractivity contribution is -0.118. The Labute approximate surface area is 190 Å². The summed E-state index contributed by atoms with van der Waals surface area (Å²) in [6.07, 6.45) is 3.40. The zero-order valence-corrected chi connectivity index (χ0v) is 19.0. The van der Waals surface area contributed by atoms with Gasteiger partial charge in [0, 0.05) is 49.1 Å². The number of ether oxygens (including phenoxy) is 1. The molecule has 162 valence electrons. The van der Waals surface area contributed by atoms with Crippen LogP contribution >= 0.6 is 23.1 Å². The number of thioether (sulfide) groups is 1. The van der Waals surface area contributed by atoms with E-state index >= 15 is 0 Å². The number of hydrogen-bond donors (Lipinski definition) is 1. The Bertz CT molecular complexity index is 974. The predicted octanol–water partition coefficient (Wildman–Crippen LogP) is 3.28. The van der Waals surface area contributed by atoms with Crippen molar-refractivity contribution in [2.45, 2.75) is 11.6 Å². The van der Waals surface area contributed by atoms with Crippen molar-refractivity contribution in [3.63, 3.8) is 0 Å². The summed E-state index contributed by atoms with van der Waals surface area (Å²) in [6.45, 7) is 4.06. The van der Waals surface area contributed by atoms with E-state index in [-0.39, 0.29) is 5.91 Å². The molecule has 0 aliphatic carbocycles. The number of benzene rings is 1. The quantitative estimate of drug-likeness (QED) is 0.523. The van der Waals surface area contributed by atoms with Crippen molar-refractivity contribution in [3.05, 3.63) is 59.0 Å². The van der Waals surface area contributed by atoms with Crippen molar-refractivity contribution in [2.24, 2.45) is 0 Å². The highest BCUT2D eigenvalue weighted by atomic mass is 32.2. The number of anilines is 2.